The van der Waals surface area contributed by atoms with Crippen LogP contribution in [0.1, 0.15) is 5.56 Å². The lowest BCUT2D eigenvalue weighted by Crippen LogP contribution is -2.43. The van der Waals surface area contributed by atoms with Crippen molar-refractivity contribution in [2.75, 3.05) is 0 Å². The van der Waals surface area contributed by atoms with Crippen LogP contribution in [0.2, 0.25) is 52.4 Å². The Labute approximate surface area is 154 Å². The van der Waals surface area contributed by atoms with Crippen LogP contribution in [0.15, 0.2) is 35.7 Å². The molecule has 0 saturated carbocycles. The van der Waals surface area contributed by atoms with Gasteiger partial charge in [-0.2, -0.15) is 0 Å². The van der Waals surface area contributed by atoms with Crippen molar-refractivity contribution >= 4 is 41.3 Å². The summed E-state index contributed by atoms with van der Waals surface area (Å²) in [7, 11) is -5.28. The maximum atomic E-state index is 6.32. The lowest BCUT2D eigenvalue weighted by Gasteiger charge is -2.31. The van der Waals surface area contributed by atoms with Gasteiger partial charge in [0, 0.05) is 0 Å². The van der Waals surface area contributed by atoms with Gasteiger partial charge >= 0.3 is 0 Å². The van der Waals surface area contributed by atoms with E-state index in [0.717, 1.165) is 5.38 Å². The summed E-state index contributed by atoms with van der Waals surface area (Å²) in [5.41, 5.74) is 1.21. The smallest absolute Gasteiger partial charge is 0.275 e. The molecule has 24 heavy (non-hydrogen) atoms. The first-order chi connectivity index (χ1) is 11.0. The van der Waals surface area contributed by atoms with Crippen molar-refractivity contribution in [3.63, 3.8) is 0 Å². The summed E-state index contributed by atoms with van der Waals surface area (Å²) in [5.74, 6) is -0.129. The van der Waals surface area contributed by atoms with Crippen molar-refractivity contribution < 1.29 is 13.3 Å². The van der Waals surface area contributed by atoms with Gasteiger partial charge < -0.3 is 13.3 Å². The summed E-state index contributed by atoms with van der Waals surface area (Å²) < 4.78 is 18.9. The van der Waals surface area contributed by atoms with Gasteiger partial charge in [0.2, 0.25) is 0 Å². The predicted octanol–water partition coefficient (Wildman–Crippen LogP) is 4.14. The molecule has 0 fully saturated rings. The molecule has 0 aliphatic carbocycles. The number of hydrogen-bond donors (Lipinski definition) is 0. The highest BCUT2D eigenvalue weighted by molar-refractivity contribution is 6.71. The molecule has 0 amide bonds. The summed E-state index contributed by atoms with van der Waals surface area (Å²) in [6.07, 6.45) is 2.20. The second-order valence-corrected chi connectivity index (χ2v) is 21.4. The molecule has 0 N–H and O–H groups in total. The Hall–Kier alpha value is -0.452. The summed E-state index contributed by atoms with van der Waals surface area (Å²) >= 11 is 0. The van der Waals surface area contributed by atoms with E-state index in [4.69, 9.17) is 13.3 Å². The molecular weight excluding hydrogens is 365 g/mol. The first-order valence-electron chi connectivity index (χ1n) is 8.71. The highest BCUT2D eigenvalue weighted by Crippen LogP contribution is 2.16. The highest BCUT2D eigenvalue weighted by atomic mass is 28.4. The molecule has 0 atom stereocenters. The molecule has 0 aliphatic heterocycles. The quantitative estimate of drug-likeness (QED) is 0.355. The zero-order valence-corrected chi connectivity index (χ0v) is 21.1. The van der Waals surface area contributed by atoms with Crippen LogP contribution in [0, 0.1) is 0 Å². The maximum absolute atomic E-state index is 6.32. The van der Waals surface area contributed by atoms with Gasteiger partial charge in [-0.3, -0.25) is 0 Å². The molecule has 3 nitrogen and oxygen atoms in total. The average molecular weight is 399 g/mol. The molecule has 0 saturated heterocycles. The molecule has 136 valence electrons. The van der Waals surface area contributed by atoms with Crippen LogP contribution in [-0.4, -0.2) is 41.1 Å². The summed E-state index contributed by atoms with van der Waals surface area (Å²) in [4.78, 5) is 0. The van der Waals surface area contributed by atoms with Crippen LogP contribution in [0.4, 0.5) is 0 Å². The fourth-order valence-corrected chi connectivity index (χ4v) is 10.0. The van der Waals surface area contributed by atoms with E-state index in [1.165, 1.54) is 5.56 Å². The monoisotopic (exact) mass is 398 g/mol. The van der Waals surface area contributed by atoms with Crippen molar-refractivity contribution in [2.24, 2.45) is 0 Å². The van der Waals surface area contributed by atoms with E-state index in [0.29, 0.717) is 0 Å². The van der Waals surface area contributed by atoms with Gasteiger partial charge in [-0.05, 0) is 50.9 Å². The molecule has 1 aromatic carbocycles. The van der Waals surface area contributed by atoms with Crippen molar-refractivity contribution in [3.8, 4) is 0 Å². The van der Waals surface area contributed by atoms with Crippen LogP contribution >= 0.6 is 0 Å². The standard InChI is InChI=1S/C17H34O3Si4/c1-22(2)16(14-15-12-10-9-11-13-15)18-21-17(19-23(3,4)5)20-24(6,7)8/h9-14,17,22H,21H2,1-8H3. The Bertz CT molecular complexity index is 503. The van der Waals surface area contributed by atoms with Crippen LogP contribution in [0.3, 0.4) is 0 Å². The van der Waals surface area contributed by atoms with E-state index in [9.17, 15) is 0 Å². The molecule has 0 aliphatic rings. The van der Waals surface area contributed by atoms with Gasteiger partial charge in [0.05, 0.1) is 5.38 Å². The number of hydrogen-bond acceptors (Lipinski definition) is 3. The van der Waals surface area contributed by atoms with Crippen LogP contribution < -0.4 is 0 Å². The zero-order chi connectivity index (χ0) is 18.4. The molecule has 0 spiro atoms. The third kappa shape index (κ3) is 9.75. The first-order valence-corrected chi connectivity index (χ1v) is 19.8. The van der Waals surface area contributed by atoms with Crippen LogP contribution in [0.5, 0.6) is 0 Å². The maximum Gasteiger partial charge on any atom is 0.275 e. The van der Waals surface area contributed by atoms with Crippen LogP contribution in [-0.2, 0) is 13.3 Å². The van der Waals surface area contributed by atoms with E-state index >= 15 is 0 Å². The average Bonchev–Trinajstić information content (AvgIpc) is 2.40. The fourth-order valence-electron chi connectivity index (χ4n) is 2.13. The molecule has 0 radical (unpaired) electrons. The summed E-state index contributed by atoms with van der Waals surface area (Å²) in [5, 5.41) is 1.16. The van der Waals surface area contributed by atoms with E-state index < -0.39 is 35.2 Å². The lowest BCUT2D eigenvalue weighted by atomic mass is 10.2. The lowest BCUT2D eigenvalue weighted by molar-refractivity contribution is 0.0508. The first kappa shape index (κ1) is 21.6. The van der Waals surface area contributed by atoms with E-state index in [-0.39, 0.29) is 5.91 Å². The Balaban J connectivity index is 2.82. The minimum Gasteiger partial charge on any atom is -0.551 e. The SMILES string of the molecule is C[SiH](C)C(=Cc1ccccc1)O[SiH2]C(O[Si](C)(C)C)O[Si](C)(C)C. The summed E-state index contributed by atoms with van der Waals surface area (Å²) in [6, 6.07) is 10.4. The van der Waals surface area contributed by atoms with E-state index in [1.54, 1.807) is 0 Å². The Morgan fingerprint density at radius 1 is 0.958 bits per heavy atom. The molecule has 0 unspecified atom stereocenters. The normalized spacial score (nSPS) is 14.2. The molecule has 1 rings (SSSR count). The zero-order valence-electron chi connectivity index (χ0n) is 16.6. The topological polar surface area (TPSA) is 27.7 Å². The van der Waals surface area contributed by atoms with Gasteiger partial charge in [-0.15, -0.1) is 0 Å². The van der Waals surface area contributed by atoms with Crippen molar-refractivity contribution in [1.29, 1.82) is 0 Å². The van der Waals surface area contributed by atoms with Gasteiger partial charge in [0.1, 0.15) is 8.80 Å². The summed E-state index contributed by atoms with van der Waals surface area (Å²) in [6.45, 7) is 17.9. The highest BCUT2D eigenvalue weighted by Gasteiger charge is 2.28. The largest absolute Gasteiger partial charge is 0.551 e. The Morgan fingerprint density at radius 3 is 1.88 bits per heavy atom. The molecule has 0 aromatic heterocycles. The molecule has 0 heterocycles. The second-order valence-electron chi connectivity index (χ2n) is 8.31. The van der Waals surface area contributed by atoms with Crippen LogP contribution in [0.25, 0.3) is 6.08 Å². The van der Waals surface area contributed by atoms with Gasteiger partial charge in [0.15, 0.2) is 22.5 Å². The molecule has 7 heteroatoms. The Morgan fingerprint density at radius 2 is 1.46 bits per heavy atom. The Kier molecular flexibility index (Phi) is 8.37. The number of benzene rings is 1. The second kappa shape index (κ2) is 9.30. The van der Waals surface area contributed by atoms with Gasteiger partial charge in [0.25, 0.3) is 9.76 Å². The van der Waals surface area contributed by atoms with Crippen molar-refractivity contribution in [2.45, 2.75) is 58.3 Å². The minimum atomic E-state index is -1.65. The predicted molar refractivity (Wildman–Crippen MR) is 116 cm³/mol. The van der Waals surface area contributed by atoms with Crippen molar-refractivity contribution in [1.82, 2.24) is 0 Å². The third-order valence-electron chi connectivity index (χ3n) is 3.03. The van der Waals surface area contributed by atoms with Gasteiger partial charge in [-0.1, -0.05) is 43.4 Å². The third-order valence-corrected chi connectivity index (χ3v) is 8.55. The van der Waals surface area contributed by atoms with E-state index in [2.05, 4.69) is 82.7 Å². The molecular formula is C17H34O3Si4. The molecule has 0 bridgehead atoms. The minimum absolute atomic E-state index is 0.129. The van der Waals surface area contributed by atoms with Gasteiger partial charge in [-0.25, -0.2) is 0 Å². The van der Waals surface area contributed by atoms with E-state index in [1.807, 2.05) is 6.07 Å². The van der Waals surface area contributed by atoms with Crippen molar-refractivity contribution in [3.05, 3.63) is 41.3 Å². The number of rotatable bonds is 9. The molecule has 1 aromatic rings. The fraction of sp³-hybridized carbons (Fsp3) is 0.529.